The van der Waals surface area contributed by atoms with Crippen molar-refractivity contribution in [3.8, 4) is 0 Å². The number of hydrogen-bond acceptors (Lipinski definition) is 2. The zero-order chi connectivity index (χ0) is 9.19. The van der Waals surface area contributed by atoms with Crippen molar-refractivity contribution in [1.82, 2.24) is 0 Å². The Bertz CT molecular complexity index is 169. The standard InChI is InChI=1S/C10H18O2/c1-8(2)4-5-10(6-7-10)9(11)12-3/h8H,4-7H2,1-3H3. The summed E-state index contributed by atoms with van der Waals surface area (Å²) in [4.78, 5) is 11.3. The molecule has 0 aliphatic heterocycles. The Hall–Kier alpha value is -0.530. The van der Waals surface area contributed by atoms with E-state index in [0.717, 1.165) is 25.7 Å². The summed E-state index contributed by atoms with van der Waals surface area (Å²) in [5.74, 6) is 0.690. The topological polar surface area (TPSA) is 26.3 Å². The van der Waals surface area contributed by atoms with E-state index in [-0.39, 0.29) is 11.4 Å². The lowest BCUT2D eigenvalue weighted by Crippen LogP contribution is -2.17. The molecule has 0 N–H and O–H groups in total. The summed E-state index contributed by atoms with van der Waals surface area (Å²) >= 11 is 0. The first-order valence-electron chi connectivity index (χ1n) is 4.69. The third kappa shape index (κ3) is 1.99. The fraction of sp³-hybridized carbons (Fsp3) is 0.900. The van der Waals surface area contributed by atoms with Crippen LogP contribution in [-0.2, 0) is 9.53 Å². The van der Waals surface area contributed by atoms with Gasteiger partial charge in [-0.1, -0.05) is 13.8 Å². The highest BCUT2D eigenvalue weighted by Gasteiger charge is 2.50. The third-order valence-corrected chi connectivity index (χ3v) is 2.67. The SMILES string of the molecule is COC(=O)C1(CCC(C)C)CC1. The highest BCUT2D eigenvalue weighted by molar-refractivity contribution is 5.79. The third-order valence-electron chi connectivity index (χ3n) is 2.67. The van der Waals surface area contributed by atoms with Gasteiger partial charge in [0.25, 0.3) is 0 Å². The summed E-state index contributed by atoms with van der Waals surface area (Å²) in [6.07, 6.45) is 4.21. The molecular weight excluding hydrogens is 152 g/mol. The average molecular weight is 170 g/mol. The molecule has 0 aromatic rings. The molecule has 12 heavy (non-hydrogen) atoms. The molecule has 1 aliphatic rings. The van der Waals surface area contributed by atoms with E-state index in [1.165, 1.54) is 7.11 Å². The lowest BCUT2D eigenvalue weighted by Gasteiger charge is -2.13. The lowest BCUT2D eigenvalue weighted by atomic mass is 9.95. The molecule has 0 aromatic carbocycles. The zero-order valence-corrected chi connectivity index (χ0v) is 8.22. The second-order valence-electron chi connectivity index (χ2n) is 4.20. The number of ether oxygens (including phenoxy) is 1. The van der Waals surface area contributed by atoms with Gasteiger partial charge in [-0.25, -0.2) is 0 Å². The van der Waals surface area contributed by atoms with Gasteiger partial charge in [-0.3, -0.25) is 4.79 Å². The van der Waals surface area contributed by atoms with Crippen molar-refractivity contribution in [3.63, 3.8) is 0 Å². The van der Waals surface area contributed by atoms with E-state index in [2.05, 4.69) is 13.8 Å². The first kappa shape index (κ1) is 9.56. The van der Waals surface area contributed by atoms with Gasteiger partial charge in [0.05, 0.1) is 12.5 Å². The Morgan fingerprint density at radius 3 is 2.42 bits per heavy atom. The molecule has 0 spiro atoms. The van der Waals surface area contributed by atoms with E-state index in [1.54, 1.807) is 0 Å². The molecule has 0 atom stereocenters. The van der Waals surface area contributed by atoms with Gasteiger partial charge >= 0.3 is 5.97 Å². The van der Waals surface area contributed by atoms with Crippen molar-refractivity contribution in [2.45, 2.75) is 39.5 Å². The predicted molar refractivity (Wildman–Crippen MR) is 47.8 cm³/mol. The second-order valence-corrected chi connectivity index (χ2v) is 4.20. The van der Waals surface area contributed by atoms with Gasteiger partial charge in [-0.2, -0.15) is 0 Å². The smallest absolute Gasteiger partial charge is 0.311 e. The second kappa shape index (κ2) is 3.46. The van der Waals surface area contributed by atoms with Gasteiger partial charge in [0.2, 0.25) is 0 Å². The maximum Gasteiger partial charge on any atom is 0.311 e. The molecule has 0 bridgehead atoms. The van der Waals surface area contributed by atoms with Crippen LogP contribution in [0.1, 0.15) is 39.5 Å². The van der Waals surface area contributed by atoms with Crippen LogP contribution < -0.4 is 0 Å². The Labute approximate surface area is 74.3 Å². The van der Waals surface area contributed by atoms with Gasteiger partial charge in [0, 0.05) is 0 Å². The fourth-order valence-corrected chi connectivity index (χ4v) is 1.49. The molecule has 2 heteroatoms. The van der Waals surface area contributed by atoms with Gasteiger partial charge < -0.3 is 4.74 Å². The summed E-state index contributed by atoms with van der Waals surface area (Å²) in [5.41, 5.74) is -0.0704. The molecule has 0 radical (unpaired) electrons. The molecule has 1 rings (SSSR count). The van der Waals surface area contributed by atoms with Crippen LogP contribution in [0.25, 0.3) is 0 Å². The van der Waals surface area contributed by atoms with Gasteiger partial charge in [0.1, 0.15) is 0 Å². The number of carbonyl (C=O) groups excluding carboxylic acids is 1. The monoisotopic (exact) mass is 170 g/mol. The van der Waals surface area contributed by atoms with Crippen LogP contribution >= 0.6 is 0 Å². The van der Waals surface area contributed by atoms with E-state index in [4.69, 9.17) is 4.74 Å². The summed E-state index contributed by atoms with van der Waals surface area (Å²) < 4.78 is 4.77. The number of carbonyl (C=O) groups is 1. The molecule has 1 aliphatic carbocycles. The average Bonchev–Trinajstić information content (AvgIpc) is 2.80. The van der Waals surface area contributed by atoms with Crippen LogP contribution in [0.5, 0.6) is 0 Å². The summed E-state index contributed by atoms with van der Waals surface area (Å²) in [6, 6.07) is 0. The van der Waals surface area contributed by atoms with Gasteiger partial charge in [-0.15, -0.1) is 0 Å². The van der Waals surface area contributed by atoms with Crippen molar-refractivity contribution in [3.05, 3.63) is 0 Å². The largest absolute Gasteiger partial charge is 0.469 e. The van der Waals surface area contributed by atoms with E-state index < -0.39 is 0 Å². The van der Waals surface area contributed by atoms with E-state index in [0.29, 0.717) is 5.92 Å². The summed E-state index contributed by atoms with van der Waals surface area (Å²) in [6.45, 7) is 4.38. The van der Waals surface area contributed by atoms with Crippen molar-refractivity contribution >= 4 is 5.97 Å². The Kier molecular flexibility index (Phi) is 2.76. The molecule has 0 aromatic heterocycles. The molecule has 70 valence electrons. The minimum Gasteiger partial charge on any atom is -0.469 e. The quantitative estimate of drug-likeness (QED) is 0.605. The predicted octanol–water partition coefficient (Wildman–Crippen LogP) is 2.38. The molecule has 0 heterocycles. The zero-order valence-electron chi connectivity index (χ0n) is 8.22. The minimum atomic E-state index is -0.0704. The normalized spacial score (nSPS) is 19.3. The number of esters is 1. The Morgan fingerprint density at radius 1 is 1.50 bits per heavy atom. The number of methoxy groups -OCH3 is 1. The molecule has 0 unspecified atom stereocenters. The molecule has 1 saturated carbocycles. The molecule has 0 amide bonds. The Balaban J connectivity index is 2.34. The highest BCUT2D eigenvalue weighted by atomic mass is 16.5. The van der Waals surface area contributed by atoms with Crippen molar-refractivity contribution in [2.24, 2.45) is 11.3 Å². The van der Waals surface area contributed by atoms with Crippen LogP contribution in [-0.4, -0.2) is 13.1 Å². The Morgan fingerprint density at radius 2 is 2.08 bits per heavy atom. The van der Waals surface area contributed by atoms with E-state index >= 15 is 0 Å². The van der Waals surface area contributed by atoms with Crippen LogP contribution in [0.15, 0.2) is 0 Å². The molecule has 2 nitrogen and oxygen atoms in total. The van der Waals surface area contributed by atoms with E-state index in [9.17, 15) is 4.79 Å². The summed E-state index contributed by atoms with van der Waals surface area (Å²) in [5, 5.41) is 0. The molecule has 1 fully saturated rings. The minimum absolute atomic E-state index is 0.00292. The maximum atomic E-state index is 11.3. The number of hydrogen-bond donors (Lipinski definition) is 0. The summed E-state index contributed by atoms with van der Waals surface area (Å²) in [7, 11) is 1.48. The van der Waals surface area contributed by atoms with Crippen LogP contribution in [0, 0.1) is 11.3 Å². The molecule has 0 saturated heterocycles. The van der Waals surface area contributed by atoms with Crippen LogP contribution in [0.3, 0.4) is 0 Å². The van der Waals surface area contributed by atoms with Crippen LogP contribution in [0.4, 0.5) is 0 Å². The van der Waals surface area contributed by atoms with E-state index in [1.807, 2.05) is 0 Å². The van der Waals surface area contributed by atoms with Gasteiger partial charge in [-0.05, 0) is 31.6 Å². The van der Waals surface area contributed by atoms with Crippen molar-refractivity contribution in [2.75, 3.05) is 7.11 Å². The lowest BCUT2D eigenvalue weighted by molar-refractivity contribution is -0.147. The van der Waals surface area contributed by atoms with Gasteiger partial charge in [0.15, 0.2) is 0 Å². The fourth-order valence-electron chi connectivity index (χ4n) is 1.49. The van der Waals surface area contributed by atoms with Crippen molar-refractivity contribution in [1.29, 1.82) is 0 Å². The molecular formula is C10H18O2. The highest BCUT2D eigenvalue weighted by Crippen LogP contribution is 2.51. The first-order valence-corrected chi connectivity index (χ1v) is 4.69. The van der Waals surface area contributed by atoms with Crippen molar-refractivity contribution < 1.29 is 9.53 Å². The van der Waals surface area contributed by atoms with Crippen LogP contribution in [0.2, 0.25) is 0 Å². The number of rotatable bonds is 4. The maximum absolute atomic E-state index is 11.3. The first-order chi connectivity index (χ1) is 5.60.